The van der Waals surface area contributed by atoms with E-state index in [-0.39, 0.29) is 35.9 Å². The van der Waals surface area contributed by atoms with Crippen molar-refractivity contribution in [3.05, 3.63) is 46.7 Å². The summed E-state index contributed by atoms with van der Waals surface area (Å²) in [6.45, 7) is 2.32. The first-order valence-corrected chi connectivity index (χ1v) is 8.01. The molecule has 0 saturated heterocycles. The molecule has 0 N–H and O–H groups in total. The Labute approximate surface area is 149 Å². The molecule has 0 atom stereocenters. The molecule has 0 bridgehead atoms. The van der Waals surface area contributed by atoms with Gasteiger partial charge in [0.15, 0.2) is 5.82 Å². The van der Waals surface area contributed by atoms with Crippen LogP contribution in [0.5, 0.6) is 0 Å². The molecule has 136 valence electrons. The number of aryl methyl sites for hydroxylation is 3. The zero-order chi connectivity index (χ0) is 18.7. The molecule has 0 aromatic carbocycles. The van der Waals surface area contributed by atoms with Gasteiger partial charge in [0.05, 0.1) is 18.6 Å². The number of carbonyl (C=O) groups excluding carboxylic acids is 1. The van der Waals surface area contributed by atoms with Crippen molar-refractivity contribution in [1.29, 1.82) is 0 Å². The first-order valence-electron chi connectivity index (χ1n) is 8.01. The molecular formula is C16H19N7O3. The summed E-state index contributed by atoms with van der Waals surface area (Å²) in [6.07, 6.45) is 4.62. The number of hydrogen-bond donors (Lipinski definition) is 0. The van der Waals surface area contributed by atoms with Gasteiger partial charge in [0.2, 0.25) is 5.91 Å². The minimum atomic E-state index is -0.328. The summed E-state index contributed by atoms with van der Waals surface area (Å²) in [5.74, 6) is 0.466. The van der Waals surface area contributed by atoms with Crippen LogP contribution >= 0.6 is 0 Å². The molecule has 3 rings (SSSR count). The second-order valence-electron chi connectivity index (χ2n) is 5.90. The molecule has 0 spiro atoms. The monoisotopic (exact) mass is 357 g/mol. The molecule has 26 heavy (non-hydrogen) atoms. The van der Waals surface area contributed by atoms with Gasteiger partial charge in [-0.1, -0.05) is 5.16 Å². The molecule has 0 fully saturated rings. The third-order valence-electron chi connectivity index (χ3n) is 3.97. The largest absolute Gasteiger partial charge is 0.340 e. The molecule has 0 saturated carbocycles. The van der Waals surface area contributed by atoms with Crippen molar-refractivity contribution >= 4 is 5.91 Å². The molecule has 0 aliphatic carbocycles. The summed E-state index contributed by atoms with van der Waals surface area (Å²) in [4.78, 5) is 34.5. The van der Waals surface area contributed by atoms with E-state index in [2.05, 4.69) is 20.2 Å². The third-order valence-corrected chi connectivity index (χ3v) is 3.97. The standard InChI is InChI=1S/C16H19N7O3/c1-11-19-15(26-20-11)13-8-17-10-23(16(13)25)7-5-14(24)21(2)9-12-4-6-18-22(12)3/h4,6,8,10H,5,7,9H2,1-3H3. The predicted molar refractivity (Wildman–Crippen MR) is 90.8 cm³/mol. The second-order valence-corrected chi connectivity index (χ2v) is 5.90. The van der Waals surface area contributed by atoms with E-state index < -0.39 is 0 Å². The van der Waals surface area contributed by atoms with Gasteiger partial charge in [-0.25, -0.2) is 4.98 Å². The fourth-order valence-electron chi connectivity index (χ4n) is 2.46. The molecular weight excluding hydrogens is 338 g/mol. The Morgan fingerprint density at radius 2 is 2.19 bits per heavy atom. The highest BCUT2D eigenvalue weighted by molar-refractivity contribution is 5.75. The number of hydrogen-bond acceptors (Lipinski definition) is 7. The zero-order valence-corrected chi connectivity index (χ0v) is 14.8. The van der Waals surface area contributed by atoms with Crippen LogP contribution in [0, 0.1) is 6.92 Å². The van der Waals surface area contributed by atoms with E-state index in [4.69, 9.17) is 4.52 Å². The van der Waals surface area contributed by atoms with Crippen molar-refractivity contribution in [2.24, 2.45) is 7.05 Å². The number of amides is 1. The average molecular weight is 357 g/mol. The van der Waals surface area contributed by atoms with Gasteiger partial charge in [-0.05, 0) is 13.0 Å². The van der Waals surface area contributed by atoms with Crippen molar-refractivity contribution in [2.45, 2.75) is 26.4 Å². The quantitative estimate of drug-likeness (QED) is 0.627. The van der Waals surface area contributed by atoms with Crippen LogP contribution < -0.4 is 5.56 Å². The van der Waals surface area contributed by atoms with Crippen molar-refractivity contribution in [3.8, 4) is 11.5 Å². The van der Waals surface area contributed by atoms with Gasteiger partial charge in [-0.15, -0.1) is 0 Å². The summed E-state index contributed by atoms with van der Waals surface area (Å²) in [5.41, 5.74) is 0.808. The van der Waals surface area contributed by atoms with Crippen LogP contribution in [0.2, 0.25) is 0 Å². The summed E-state index contributed by atoms with van der Waals surface area (Å²) >= 11 is 0. The summed E-state index contributed by atoms with van der Waals surface area (Å²) < 4.78 is 8.10. The minimum absolute atomic E-state index is 0.0860. The molecule has 10 nitrogen and oxygen atoms in total. The number of rotatable bonds is 6. The van der Waals surface area contributed by atoms with E-state index in [1.807, 2.05) is 13.1 Å². The molecule has 3 aromatic heterocycles. The summed E-state index contributed by atoms with van der Waals surface area (Å²) in [6, 6.07) is 1.86. The fourth-order valence-corrected chi connectivity index (χ4v) is 2.46. The molecule has 0 aliphatic heterocycles. The molecule has 0 unspecified atom stereocenters. The van der Waals surface area contributed by atoms with Gasteiger partial charge in [0, 0.05) is 39.5 Å². The topological polar surface area (TPSA) is 112 Å². The van der Waals surface area contributed by atoms with Crippen molar-refractivity contribution in [2.75, 3.05) is 7.05 Å². The Morgan fingerprint density at radius 3 is 2.85 bits per heavy atom. The highest BCUT2D eigenvalue weighted by atomic mass is 16.5. The Bertz CT molecular complexity index is 972. The lowest BCUT2D eigenvalue weighted by Crippen LogP contribution is -2.30. The maximum absolute atomic E-state index is 12.5. The van der Waals surface area contributed by atoms with E-state index in [1.54, 1.807) is 29.7 Å². The zero-order valence-electron chi connectivity index (χ0n) is 14.8. The van der Waals surface area contributed by atoms with Crippen LogP contribution in [-0.4, -0.2) is 47.3 Å². The first kappa shape index (κ1) is 17.5. The highest BCUT2D eigenvalue weighted by Crippen LogP contribution is 2.11. The van der Waals surface area contributed by atoms with Crippen molar-refractivity contribution in [3.63, 3.8) is 0 Å². The Hall–Kier alpha value is -3.30. The third kappa shape index (κ3) is 3.68. The van der Waals surface area contributed by atoms with E-state index >= 15 is 0 Å². The van der Waals surface area contributed by atoms with Crippen LogP contribution in [0.1, 0.15) is 17.9 Å². The van der Waals surface area contributed by atoms with Gasteiger partial charge in [0.1, 0.15) is 5.56 Å². The minimum Gasteiger partial charge on any atom is -0.340 e. The number of carbonyl (C=O) groups is 1. The molecule has 0 aliphatic rings. The van der Waals surface area contributed by atoms with E-state index in [0.717, 1.165) is 5.69 Å². The van der Waals surface area contributed by atoms with E-state index in [0.29, 0.717) is 12.4 Å². The maximum atomic E-state index is 12.5. The van der Waals surface area contributed by atoms with Gasteiger partial charge in [-0.2, -0.15) is 10.1 Å². The Kier molecular flexibility index (Phi) is 4.92. The lowest BCUT2D eigenvalue weighted by molar-refractivity contribution is -0.130. The summed E-state index contributed by atoms with van der Waals surface area (Å²) in [5, 5.41) is 7.75. The van der Waals surface area contributed by atoms with Gasteiger partial charge in [0.25, 0.3) is 11.4 Å². The molecule has 0 radical (unpaired) electrons. The molecule has 3 aromatic rings. The average Bonchev–Trinajstić information content (AvgIpc) is 3.22. The number of aromatic nitrogens is 6. The van der Waals surface area contributed by atoms with Crippen LogP contribution in [0.25, 0.3) is 11.5 Å². The van der Waals surface area contributed by atoms with Gasteiger partial charge in [-0.3, -0.25) is 18.8 Å². The number of nitrogens with zero attached hydrogens (tertiary/aromatic N) is 7. The van der Waals surface area contributed by atoms with Gasteiger partial charge < -0.3 is 9.42 Å². The molecule has 10 heteroatoms. The lowest BCUT2D eigenvalue weighted by atomic mass is 10.3. The first-order chi connectivity index (χ1) is 12.5. The predicted octanol–water partition coefficient (Wildman–Crippen LogP) is 0.384. The van der Waals surface area contributed by atoms with Crippen LogP contribution in [0.3, 0.4) is 0 Å². The SMILES string of the molecule is Cc1noc(-c2cncn(CCC(=O)N(C)Cc3ccnn3C)c2=O)n1. The molecule has 1 amide bonds. The van der Waals surface area contributed by atoms with Crippen LogP contribution in [-0.2, 0) is 24.9 Å². The lowest BCUT2D eigenvalue weighted by Gasteiger charge is -2.17. The molecule has 3 heterocycles. The van der Waals surface area contributed by atoms with E-state index in [1.165, 1.54) is 17.1 Å². The van der Waals surface area contributed by atoms with Crippen LogP contribution in [0.15, 0.2) is 34.1 Å². The van der Waals surface area contributed by atoms with E-state index in [9.17, 15) is 9.59 Å². The fraction of sp³-hybridized carbons (Fsp3) is 0.375. The van der Waals surface area contributed by atoms with Gasteiger partial charge >= 0.3 is 0 Å². The normalized spacial score (nSPS) is 10.9. The Balaban J connectivity index is 1.67. The maximum Gasteiger partial charge on any atom is 0.266 e. The highest BCUT2D eigenvalue weighted by Gasteiger charge is 2.15. The smallest absolute Gasteiger partial charge is 0.266 e. The van der Waals surface area contributed by atoms with Crippen molar-refractivity contribution < 1.29 is 9.32 Å². The second kappa shape index (κ2) is 7.30. The summed E-state index contributed by atoms with van der Waals surface area (Å²) in [7, 11) is 3.54. The Morgan fingerprint density at radius 1 is 1.38 bits per heavy atom. The van der Waals surface area contributed by atoms with Crippen molar-refractivity contribution in [1.82, 2.24) is 34.4 Å². The van der Waals surface area contributed by atoms with Crippen LogP contribution in [0.4, 0.5) is 0 Å².